The molecule has 1 aliphatic rings. The highest BCUT2D eigenvalue weighted by molar-refractivity contribution is 8.00. The lowest BCUT2D eigenvalue weighted by atomic mass is 10.1. The van der Waals surface area contributed by atoms with Crippen LogP contribution in [0, 0.1) is 6.92 Å². The van der Waals surface area contributed by atoms with Crippen molar-refractivity contribution in [3.8, 4) is 5.69 Å². The number of nitrogens with zero attached hydrogens (tertiary/aromatic N) is 4. The van der Waals surface area contributed by atoms with Gasteiger partial charge in [-0.25, -0.2) is 4.98 Å². The Morgan fingerprint density at radius 3 is 2.96 bits per heavy atom. The van der Waals surface area contributed by atoms with Crippen LogP contribution in [0.3, 0.4) is 0 Å². The highest BCUT2D eigenvalue weighted by atomic mass is 32.2. The Kier molecular flexibility index (Phi) is 3.90. The van der Waals surface area contributed by atoms with E-state index in [-0.39, 0.29) is 6.10 Å². The van der Waals surface area contributed by atoms with Gasteiger partial charge in [0.15, 0.2) is 21.7 Å². The molecule has 0 amide bonds. The fourth-order valence-electron chi connectivity index (χ4n) is 2.23. The number of imidazole rings is 1. The molecule has 3 aromatic rings. The summed E-state index contributed by atoms with van der Waals surface area (Å²) in [5.74, 6) is 0.832. The maximum absolute atomic E-state index is 9.24. The van der Waals surface area contributed by atoms with Crippen LogP contribution in [0.4, 0.5) is 0 Å². The summed E-state index contributed by atoms with van der Waals surface area (Å²) in [6, 6.07) is 6.37. The highest BCUT2D eigenvalue weighted by Crippen LogP contribution is 2.40. The minimum atomic E-state index is -0.709. The van der Waals surface area contributed by atoms with Crippen molar-refractivity contribution < 1.29 is 9.84 Å². The molecule has 2 unspecified atom stereocenters. The van der Waals surface area contributed by atoms with Crippen LogP contribution in [0.25, 0.3) is 5.69 Å². The van der Waals surface area contributed by atoms with Crippen molar-refractivity contribution in [1.29, 1.82) is 0 Å². The summed E-state index contributed by atoms with van der Waals surface area (Å²) in [6.07, 6.45) is 4.50. The van der Waals surface area contributed by atoms with Gasteiger partial charge in [0, 0.05) is 23.8 Å². The van der Waals surface area contributed by atoms with Crippen LogP contribution in [0.15, 0.2) is 41.3 Å². The third kappa shape index (κ3) is 3.16. The third-order valence-electron chi connectivity index (χ3n) is 3.61. The number of aryl methyl sites for hydroxylation is 1. The van der Waals surface area contributed by atoms with E-state index in [1.807, 2.05) is 10.8 Å². The van der Waals surface area contributed by atoms with Gasteiger partial charge in [0.2, 0.25) is 0 Å². The molecule has 2 atom stereocenters. The fourth-order valence-corrected chi connectivity index (χ4v) is 4.23. The summed E-state index contributed by atoms with van der Waals surface area (Å²) in [6.45, 7) is 2.11. The number of epoxide rings is 1. The number of hydrogen-bond acceptors (Lipinski definition) is 7. The van der Waals surface area contributed by atoms with E-state index in [9.17, 15) is 5.11 Å². The number of rotatable bonds is 5. The maximum atomic E-state index is 9.24. The molecule has 23 heavy (non-hydrogen) atoms. The molecule has 0 radical (unpaired) electrons. The topological polar surface area (TPSA) is 76.4 Å². The summed E-state index contributed by atoms with van der Waals surface area (Å²) in [4.78, 5) is 4.07. The molecule has 3 heterocycles. The highest BCUT2D eigenvalue weighted by Gasteiger charge is 2.41. The lowest BCUT2D eigenvalue weighted by molar-refractivity contribution is 0.156. The standard InChI is InChI=1S/C15H14N4O2S2/c1-9-6-11(19-5-4-16-8-19)3-2-10(9)7-22-15-18-17-13(23-15)12-14(20)21-12/h2-6,8,12,14,20H,7H2,1H3. The number of thioether (sulfide) groups is 1. The Hall–Kier alpha value is -1.74. The number of aliphatic hydroxyl groups is 1. The molecule has 1 fully saturated rings. The van der Waals surface area contributed by atoms with Gasteiger partial charge < -0.3 is 14.4 Å². The maximum Gasteiger partial charge on any atom is 0.189 e. The van der Waals surface area contributed by atoms with E-state index in [0.29, 0.717) is 0 Å². The average molecular weight is 346 g/mol. The molecular weight excluding hydrogens is 332 g/mol. The first kappa shape index (κ1) is 14.8. The zero-order chi connectivity index (χ0) is 15.8. The molecule has 1 aliphatic heterocycles. The molecule has 2 aromatic heterocycles. The second-order valence-corrected chi connectivity index (χ2v) is 7.45. The molecule has 8 heteroatoms. The van der Waals surface area contributed by atoms with Crippen LogP contribution >= 0.6 is 23.1 Å². The Morgan fingerprint density at radius 1 is 1.39 bits per heavy atom. The second kappa shape index (κ2) is 6.04. The molecule has 0 aliphatic carbocycles. The van der Waals surface area contributed by atoms with Gasteiger partial charge in [-0.2, -0.15) is 0 Å². The first-order chi connectivity index (χ1) is 11.2. The SMILES string of the molecule is Cc1cc(-n2ccnc2)ccc1CSc1nnc(C2OC2O)s1. The van der Waals surface area contributed by atoms with Crippen molar-refractivity contribution in [1.82, 2.24) is 19.7 Å². The zero-order valence-electron chi connectivity index (χ0n) is 12.3. The van der Waals surface area contributed by atoms with E-state index < -0.39 is 6.29 Å². The third-order valence-corrected chi connectivity index (χ3v) is 5.78. The lowest BCUT2D eigenvalue weighted by Crippen LogP contribution is -1.93. The van der Waals surface area contributed by atoms with E-state index in [4.69, 9.17) is 4.74 Å². The van der Waals surface area contributed by atoms with Crippen LogP contribution in [0.2, 0.25) is 0 Å². The molecule has 1 saturated heterocycles. The van der Waals surface area contributed by atoms with Gasteiger partial charge in [0.05, 0.1) is 6.33 Å². The first-order valence-corrected chi connectivity index (χ1v) is 8.88. The molecule has 118 valence electrons. The predicted molar refractivity (Wildman–Crippen MR) is 87.6 cm³/mol. The van der Waals surface area contributed by atoms with Crippen molar-refractivity contribution in [2.75, 3.05) is 0 Å². The first-order valence-electron chi connectivity index (χ1n) is 7.08. The Balaban J connectivity index is 1.43. The largest absolute Gasteiger partial charge is 0.365 e. The number of ether oxygens (including phenoxy) is 1. The molecular formula is C15H14N4O2S2. The lowest BCUT2D eigenvalue weighted by Gasteiger charge is -2.08. The number of benzene rings is 1. The smallest absolute Gasteiger partial charge is 0.189 e. The summed E-state index contributed by atoms with van der Waals surface area (Å²) >= 11 is 3.12. The zero-order valence-corrected chi connectivity index (χ0v) is 13.9. The molecule has 0 bridgehead atoms. The van der Waals surface area contributed by atoms with E-state index in [1.54, 1.807) is 24.3 Å². The van der Waals surface area contributed by atoms with Crippen molar-refractivity contribution in [2.45, 2.75) is 29.4 Å². The van der Waals surface area contributed by atoms with E-state index in [0.717, 1.165) is 20.8 Å². The minimum absolute atomic E-state index is 0.280. The van der Waals surface area contributed by atoms with E-state index >= 15 is 0 Å². The van der Waals surface area contributed by atoms with Crippen LogP contribution in [-0.4, -0.2) is 31.1 Å². The molecule has 6 nitrogen and oxygen atoms in total. The summed E-state index contributed by atoms with van der Waals surface area (Å²) in [7, 11) is 0. The quantitative estimate of drug-likeness (QED) is 0.565. The van der Waals surface area contributed by atoms with Crippen molar-refractivity contribution in [3.05, 3.63) is 53.1 Å². The van der Waals surface area contributed by atoms with Crippen molar-refractivity contribution >= 4 is 23.1 Å². The number of aromatic nitrogens is 4. The summed E-state index contributed by atoms with van der Waals surface area (Å²) in [5.41, 5.74) is 3.60. The van der Waals surface area contributed by atoms with E-state index in [2.05, 4.69) is 40.3 Å². The molecule has 0 spiro atoms. The van der Waals surface area contributed by atoms with Crippen molar-refractivity contribution in [3.63, 3.8) is 0 Å². The van der Waals surface area contributed by atoms with Gasteiger partial charge in [0.1, 0.15) is 0 Å². The van der Waals surface area contributed by atoms with Crippen LogP contribution in [0.5, 0.6) is 0 Å². The van der Waals surface area contributed by atoms with Gasteiger partial charge in [-0.05, 0) is 30.2 Å². The Labute approximate surface area is 141 Å². The molecule has 0 saturated carbocycles. The van der Waals surface area contributed by atoms with Crippen molar-refractivity contribution in [2.24, 2.45) is 0 Å². The summed E-state index contributed by atoms with van der Waals surface area (Å²) in [5, 5.41) is 18.2. The number of hydrogen-bond donors (Lipinski definition) is 1. The fraction of sp³-hybridized carbons (Fsp3) is 0.267. The molecule has 1 aromatic carbocycles. The van der Waals surface area contributed by atoms with Gasteiger partial charge in [-0.3, -0.25) is 0 Å². The van der Waals surface area contributed by atoms with Crippen LogP contribution in [-0.2, 0) is 10.5 Å². The average Bonchev–Trinajstić information content (AvgIpc) is 3.01. The van der Waals surface area contributed by atoms with Crippen LogP contribution < -0.4 is 0 Å². The van der Waals surface area contributed by atoms with Gasteiger partial charge in [0.25, 0.3) is 0 Å². The molecule has 1 N–H and O–H groups in total. The van der Waals surface area contributed by atoms with Gasteiger partial charge >= 0.3 is 0 Å². The predicted octanol–water partition coefficient (Wildman–Crippen LogP) is 2.71. The van der Waals surface area contributed by atoms with Gasteiger partial charge in [-0.1, -0.05) is 29.2 Å². The monoisotopic (exact) mass is 346 g/mol. The van der Waals surface area contributed by atoms with Crippen LogP contribution in [0.1, 0.15) is 22.2 Å². The van der Waals surface area contributed by atoms with Gasteiger partial charge in [-0.15, -0.1) is 10.2 Å². The normalized spacial score (nSPS) is 19.9. The summed E-state index contributed by atoms with van der Waals surface area (Å²) < 4.78 is 7.87. The minimum Gasteiger partial charge on any atom is -0.365 e. The Morgan fingerprint density at radius 2 is 2.26 bits per heavy atom. The Bertz CT molecular complexity index is 819. The second-order valence-electron chi connectivity index (χ2n) is 5.22. The molecule has 4 rings (SSSR count). The van der Waals surface area contributed by atoms with E-state index in [1.165, 1.54) is 22.5 Å². The number of aliphatic hydroxyl groups excluding tert-OH is 1.